The van der Waals surface area contributed by atoms with Gasteiger partial charge in [0.2, 0.25) is 0 Å². The van der Waals surface area contributed by atoms with E-state index in [2.05, 4.69) is 67.7 Å². The first-order chi connectivity index (χ1) is 70.5. The van der Waals surface area contributed by atoms with Gasteiger partial charge in [-0.25, -0.2) is 23.1 Å². The van der Waals surface area contributed by atoms with Gasteiger partial charge in [0.25, 0.3) is 17.7 Å². The molecule has 8 aromatic rings. The summed E-state index contributed by atoms with van der Waals surface area (Å²) < 4.78 is 97.4. The zero-order valence-electron chi connectivity index (χ0n) is 88.0. The van der Waals surface area contributed by atoms with Gasteiger partial charge in [-0.2, -0.15) is 25.7 Å². The van der Waals surface area contributed by atoms with Gasteiger partial charge in [0.15, 0.2) is 23.1 Å². The van der Waals surface area contributed by atoms with Crippen molar-refractivity contribution in [3.8, 4) is 28.8 Å². The van der Waals surface area contributed by atoms with Crippen LogP contribution in [0.4, 0.5) is 21.5 Å². The predicted octanol–water partition coefficient (Wildman–Crippen LogP) is 11.6. The number of aliphatic hydroxyl groups is 1. The number of rotatable bonds is 63. The Hall–Kier alpha value is -11.0. The molecule has 0 aliphatic heterocycles. The quantitative estimate of drug-likeness (QED) is 0.0160. The Labute approximate surface area is 869 Å². The zero-order chi connectivity index (χ0) is 106. The number of ether oxygens (including phenoxy) is 14. The molecule has 4 aromatic carbocycles. The fourth-order valence-electron chi connectivity index (χ4n) is 17.6. The number of amides is 3. The molecule has 0 saturated carbocycles. The van der Waals surface area contributed by atoms with Crippen LogP contribution in [0, 0.1) is 66.5 Å². The van der Waals surface area contributed by atoms with Gasteiger partial charge < -0.3 is 116 Å². The van der Waals surface area contributed by atoms with Crippen molar-refractivity contribution in [2.75, 3.05) is 240 Å². The summed E-state index contributed by atoms with van der Waals surface area (Å²) in [4.78, 5) is 87.4. The fraction of sp³-hybridized carbons (Fsp3) is 0.593. The minimum Gasteiger partial charge on any atom is -0.394 e. The van der Waals surface area contributed by atoms with E-state index in [1.54, 1.807) is 41.9 Å². The number of hydrogen-bond donors (Lipinski definition) is 9. The molecule has 0 saturated heterocycles. The molecule has 0 unspecified atom stereocenters. The van der Waals surface area contributed by atoms with E-state index in [9.17, 15) is 38.0 Å². The molecule has 14 N–H and O–H groups in total. The van der Waals surface area contributed by atoms with Crippen molar-refractivity contribution in [3.63, 3.8) is 0 Å². The smallest absolute Gasteiger partial charge is 0.250 e. The van der Waals surface area contributed by atoms with Crippen LogP contribution in [0.5, 0.6) is 0 Å². The first-order valence-electron chi connectivity index (χ1n) is 50.8. The highest BCUT2D eigenvalue weighted by atomic mass is 19.1. The first-order valence-corrected chi connectivity index (χ1v) is 50.8. The van der Waals surface area contributed by atoms with Crippen LogP contribution >= 0.6 is 0 Å². The summed E-state index contributed by atoms with van der Waals surface area (Å²) in [5, 5.41) is 45.9. The van der Waals surface area contributed by atoms with Crippen LogP contribution in [-0.4, -0.2) is 309 Å². The second-order valence-electron chi connectivity index (χ2n) is 39.5. The molecule has 4 aliphatic carbocycles. The van der Waals surface area contributed by atoms with Crippen molar-refractivity contribution in [1.82, 2.24) is 39.1 Å². The van der Waals surface area contributed by atoms with Crippen LogP contribution < -0.4 is 44.6 Å². The summed E-state index contributed by atoms with van der Waals surface area (Å²) >= 11 is 0. The molecule has 0 spiro atoms. The van der Waals surface area contributed by atoms with Crippen molar-refractivity contribution in [2.45, 2.75) is 174 Å². The molecular weight excluding hydrogens is 1910 g/mol. The van der Waals surface area contributed by atoms with E-state index in [1.807, 2.05) is 85.1 Å². The largest absolute Gasteiger partial charge is 0.394 e. The maximum atomic E-state index is 13.9. The highest BCUT2D eigenvalue weighted by Gasteiger charge is 2.41. The molecule has 816 valence electrons. The van der Waals surface area contributed by atoms with Gasteiger partial charge >= 0.3 is 0 Å². The van der Waals surface area contributed by atoms with E-state index >= 15 is 0 Å². The molecular formula is C108H160FN17O22. The molecule has 39 nitrogen and oxygen atoms in total. The molecule has 148 heavy (non-hydrogen) atoms. The number of benzene rings is 4. The van der Waals surface area contributed by atoms with Crippen molar-refractivity contribution in [1.29, 1.82) is 5.26 Å². The summed E-state index contributed by atoms with van der Waals surface area (Å²) in [5.41, 5.74) is 41.9. The Morgan fingerprint density at radius 2 is 0.554 bits per heavy atom. The Bertz CT molecular complexity index is 5430. The van der Waals surface area contributed by atoms with Crippen molar-refractivity contribution < 1.29 is 109 Å². The standard InChI is InChI=1S/C48H66N8O9.C28H42N4O7.C17H16FN3O.C14H32N2O5.CH4/c1-31-43-39(27-47(3,4)29-41(43)57)55(53-31)33-9-11-35(45(49)59)37(25-33)51-13-7-15-61-17-19-63-21-23-65-24-22-64-20-18-62-16-8-14-52-38-26-34(10-12-36(38)46(50)60)56-40-28-48(5,6)30-42(58)44(40)32(2)54-56;1-20-26-24(18-28(2,3)19-25(26)34)32(31-20)21-5-6-22(27(29)35)23(17-21)30-7-4-9-36-11-13-38-15-16-39-14-12-37-10-8-33;1-10-16-14(7-17(2,3)8-15(16)22)21(20-10)12-5-4-11(9-19)13(18)6-12;15-3-1-5-17-7-9-19-11-13-21-14-12-20-10-8-18-6-2-4-16;/h9-12,25-26,51-52H,7-8,13-24,27-30H2,1-6H3,(H2,49,59)(H2,50,60);5-6,17,30,33H,4,7-16,18-19H2,1-3H3,(H2,29,35);4-6H,7-8H2,1-3H3;1-16H2;1H4. The second kappa shape index (κ2) is 62.6. The Morgan fingerprint density at radius 1 is 0.345 bits per heavy atom. The number of halogens is 1. The number of Topliss-reactive ketones (excluding diaryl/α,β-unsaturated/α-hetero) is 4. The number of aliphatic hydroxyl groups excluding tert-OH is 1. The van der Waals surface area contributed by atoms with Gasteiger partial charge in [-0.15, -0.1) is 0 Å². The number of nitriles is 1. The number of ketones is 4. The van der Waals surface area contributed by atoms with Crippen LogP contribution in [0.1, 0.15) is 244 Å². The van der Waals surface area contributed by atoms with Gasteiger partial charge in [-0.05, 0) is 187 Å². The Kier molecular flexibility index (Phi) is 51.6. The lowest BCUT2D eigenvalue weighted by Gasteiger charge is -2.29. The van der Waals surface area contributed by atoms with E-state index in [0.717, 1.165) is 84.1 Å². The third-order valence-corrected chi connectivity index (χ3v) is 24.4. The minimum absolute atomic E-state index is 0. The minimum atomic E-state index is -0.580. The van der Waals surface area contributed by atoms with Gasteiger partial charge in [-0.1, -0.05) is 62.8 Å². The number of nitrogens with one attached hydrogen (secondary N) is 3. The summed E-state index contributed by atoms with van der Waals surface area (Å²) in [5.74, 6) is -1.73. The van der Waals surface area contributed by atoms with Crippen LogP contribution in [0.25, 0.3) is 22.7 Å². The van der Waals surface area contributed by atoms with Crippen LogP contribution in [0.2, 0.25) is 0 Å². The average Bonchev–Trinajstić information content (AvgIpc) is 1.62. The summed E-state index contributed by atoms with van der Waals surface area (Å²) in [6.07, 6.45) is 8.77. The number of nitrogens with zero attached hydrogens (tertiary/aromatic N) is 9. The molecule has 0 atom stereocenters. The molecule has 12 rings (SSSR count). The normalized spacial score (nSPS) is 14.5. The van der Waals surface area contributed by atoms with Gasteiger partial charge in [0.1, 0.15) is 11.9 Å². The molecule has 40 heteroatoms. The van der Waals surface area contributed by atoms with Crippen LogP contribution in [0.3, 0.4) is 0 Å². The van der Waals surface area contributed by atoms with Crippen molar-refractivity contribution in [2.24, 2.45) is 50.3 Å². The number of fused-ring (bicyclic) bond motifs is 4. The number of nitrogens with two attached hydrogens (primary N) is 5. The number of anilines is 3. The molecule has 4 aromatic heterocycles. The number of carbonyl (C=O) groups excluding carboxylic acids is 7. The summed E-state index contributed by atoms with van der Waals surface area (Å²) in [6, 6.07) is 22.2. The highest BCUT2D eigenvalue weighted by Crippen LogP contribution is 2.42. The maximum absolute atomic E-state index is 13.9. The van der Waals surface area contributed by atoms with E-state index in [-0.39, 0.29) is 64.4 Å². The number of carbonyl (C=O) groups is 7. The molecule has 3 amide bonds. The highest BCUT2D eigenvalue weighted by molar-refractivity contribution is 6.04. The number of aryl methyl sites for hydroxylation is 4. The van der Waals surface area contributed by atoms with Gasteiger partial charge in [0.05, 0.1) is 271 Å². The van der Waals surface area contributed by atoms with Gasteiger partial charge in [-0.3, -0.25) is 33.6 Å². The predicted molar refractivity (Wildman–Crippen MR) is 561 cm³/mol. The zero-order valence-corrected chi connectivity index (χ0v) is 88.0. The third-order valence-electron chi connectivity index (χ3n) is 24.4. The van der Waals surface area contributed by atoms with Crippen LogP contribution in [-0.2, 0) is 92.0 Å². The van der Waals surface area contributed by atoms with E-state index in [0.29, 0.717) is 341 Å². The number of aromatic nitrogens is 8. The van der Waals surface area contributed by atoms with E-state index in [1.165, 1.54) is 12.1 Å². The third kappa shape index (κ3) is 38.8. The molecule has 0 bridgehead atoms. The molecule has 4 heterocycles. The fourth-order valence-corrected chi connectivity index (χ4v) is 17.6. The Morgan fingerprint density at radius 3 is 0.764 bits per heavy atom. The molecule has 4 aliphatic rings. The maximum Gasteiger partial charge on any atom is 0.250 e. The Balaban J connectivity index is 0.000000270. The lowest BCUT2D eigenvalue weighted by atomic mass is 9.75. The lowest BCUT2D eigenvalue weighted by Crippen LogP contribution is -2.28. The monoisotopic (exact) mass is 2070 g/mol. The summed E-state index contributed by atoms with van der Waals surface area (Å²) in [7, 11) is 0. The topological polar surface area (TPSA) is 530 Å². The first kappa shape index (κ1) is 122. The van der Waals surface area contributed by atoms with E-state index in [4.69, 9.17) is 116 Å². The lowest BCUT2D eigenvalue weighted by molar-refractivity contribution is -0.0110. The number of primary amides is 3. The number of hydrogen-bond acceptors (Lipinski definition) is 32. The molecule has 0 fully saturated rings. The average molecular weight is 2070 g/mol. The second-order valence-corrected chi connectivity index (χ2v) is 39.5. The van der Waals surface area contributed by atoms with Gasteiger partial charge in [0, 0.05) is 101 Å². The summed E-state index contributed by atoms with van der Waals surface area (Å²) in [6.45, 7) is 41.3. The van der Waals surface area contributed by atoms with Crippen molar-refractivity contribution >= 4 is 57.9 Å². The molecule has 0 radical (unpaired) electrons. The van der Waals surface area contributed by atoms with Crippen LogP contribution in [0.15, 0.2) is 72.8 Å². The van der Waals surface area contributed by atoms with Crippen molar-refractivity contribution in [3.05, 3.63) is 169 Å². The van der Waals surface area contributed by atoms with E-state index < -0.39 is 23.5 Å². The SMILES string of the molecule is C.Cc1nn(-c2ccc(C#N)c(F)c2)c2c1C(=O)CC(C)(C)C2.Cc1nn(-c2ccc(C(N)=O)c(NCCCOCCOCCOCCOCCO)c2)c2c1C(=O)CC(C)(C)C2.Cc1nn(-c2ccc(C(N)=O)c(NCCCOCCOCCOCCOCCOCCCNc3cc(-n4nc(C)c5c4CC(C)(C)CC5=O)ccc3C(N)=O)c2)c2c1C(=O)CC(C)(C)C2.NCCCOCCOCCOCCOCCOCCCN.